The van der Waals surface area contributed by atoms with Gasteiger partial charge in [-0.2, -0.15) is 13.2 Å². The van der Waals surface area contributed by atoms with Crippen LogP contribution in [0.2, 0.25) is 0 Å². The molecular weight excluding hydrogens is 723 g/mol. The molecule has 0 spiro atoms. The summed E-state index contributed by atoms with van der Waals surface area (Å²) in [5.74, 6) is -6.89. The summed E-state index contributed by atoms with van der Waals surface area (Å²) in [5.41, 5.74) is 3.74. The zero-order valence-electron chi connectivity index (χ0n) is 30.7. The lowest BCUT2D eigenvalue weighted by Crippen LogP contribution is -2.51. The number of nitrogens with two attached hydrogens (primary N) is 1. The Labute approximate surface area is 308 Å². The third-order valence-corrected chi connectivity index (χ3v) is 7.87. The molecule has 1 aromatic heterocycles. The lowest BCUT2D eigenvalue weighted by atomic mass is 9.76. The molecule has 0 saturated carbocycles. The molecule has 0 unspecified atom stereocenters. The zero-order valence-corrected chi connectivity index (χ0v) is 30.7. The first kappa shape index (κ1) is 43.3. The second kappa shape index (κ2) is 17.8. The van der Waals surface area contributed by atoms with Crippen LogP contribution in [0.4, 0.5) is 26.7 Å². The second-order valence-corrected chi connectivity index (χ2v) is 14.4. The lowest BCUT2D eigenvalue weighted by molar-refractivity contribution is -0.244. The standard InChI is InChI=1S/C36H45F5N6O7/c1-34(2,3)27(29-45-25(23-18-22(37)12-13-24(23)38)20-46(29)19-21-10-8-7-9-11-21)28(48)31(50)43-16-14-26(30(49)44-17-15-42)53-33(52)47(35(4,5)6)54-32(51)36(39,40)41/h7-13,18,20,26-28,48H,14-17,19,42H2,1-6H3,(H,43,50)(H,44,49)/t26-,27-,28-/m0/s1. The number of amides is 3. The molecule has 296 valence electrons. The number of benzene rings is 2. The maximum absolute atomic E-state index is 14.9. The quantitative estimate of drug-likeness (QED) is 0.143. The molecule has 2 aromatic carbocycles. The SMILES string of the molecule is CC(C)(C)[C@H](c1nc(-c2cc(F)ccc2F)cn1Cc1ccccc1)[C@H](O)C(=O)NCC[C@H](OC(=O)N(OC(=O)C(F)(F)F)C(C)(C)C)C(=O)NCCN. The number of aliphatic hydroxyl groups is 1. The number of hydrogen-bond acceptors (Lipinski definition) is 9. The Morgan fingerprint density at radius 3 is 2.15 bits per heavy atom. The van der Waals surface area contributed by atoms with E-state index in [1.54, 1.807) is 37.5 Å². The summed E-state index contributed by atoms with van der Waals surface area (Å²) >= 11 is 0. The lowest BCUT2D eigenvalue weighted by Gasteiger charge is -2.34. The smallest absolute Gasteiger partial charge is 0.434 e. The average molecular weight is 769 g/mol. The van der Waals surface area contributed by atoms with Crippen molar-refractivity contribution in [1.29, 1.82) is 0 Å². The van der Waals surface area contributed by atoms with E-state index in [0.29, 0.717) is 0 Å². The number of carbonyl (C=O) groups is 4. The van der Waals surface area contributed by atoms with Gasteiger partial charge in [0.2, 0.25) is 5.91 Å². The number of rotatable bonds is 13. The Bertz CT molecular complexity index is 1770. The van der Waals surface area contributed by atoms with E-state index >= 15 is 0 Å². The number of alkyl halides is 3. The normalized spacial score (nSPS) is 13.7. The number of ether oxygens (including phenoxy) is 1. The highest BCUT2D eigenvalue weighted by Crippen LogP contribution is 2.39. The zero-order chi connectivity index (χ0) is 40.6. The van der Waals surface area contributed by atoms with Crippen LogP contribution in [0, 0.1) is 17.0 Å². The number of aliphatic hydroxyl groups excluding tert-OH is 1. The summed E-state index contributed by atoms with van der Waals surface area (Å²) in [7, 11) is 0. The van der Waals surface area contributed by atoms with Gasteiger partial charge < -0.3 is 35.6 Å². The summed E-state index contributed by atoms with van der Waals surface area (Å²) in [6.45, 7) is 8.65. The van der Waals surface area contributed by atoms with Gasteiger partial charge >= 0.3 is 18.2 Å². The maximum Gasteiger partial charge on any atom is 0.493 e. The van der Waals surface area contributed by atoms with Crippen molar-refractivity contribution < 1.29 is 55.8 Å². The molecule has 0 saturated heterocycles. The van der Waals surface area contributed by atoms with Gasteiger partial charge in [0.05, 0.1) is 17.2 Å². The van der Waals surface area contributed by atoms with Gasteiger partial charge in [0, 0.05) is 44.4 Å². The number of carbonyl (C=O) groups excluding carboxylic acids is 4. The molecule has 1 heterocycles. The van der Waals surface area contributed by atoms with Gasteiger partial charge in [-0.3, -0.25) is 9.59 Å². The number of imidazole rings is 1. The van der Waals surface area contributed by atoms with Crippen LogP contribution in [0.15, 0.2) is 54.7 Å². The summed E-state index contributed by atoms with van der Waals surface area (Å²) in [5, 5.41) is 16.4. The minimum absolute atomic E-state index is 0.0194. The monoisotopic (exact) mass is 768 g/mol. The van der Waals surface area contributed by atoms with Gasteiger partial charge in [-0.1, -0.05) is 51.1 Å². The molecule has 3 atom stereocenters. The van der Waals surface area contributed by atoms with E-state index in [9.17, 15) is 46.2 Å². The Balaban J connectivity index is 1.89. The number of halogens is 5. The molecular formula is C36H45F5N6O7. The highest BCUT2D eigenvalue weighted by atomic mass is 19.4. The van der Waals surface area contributed by atoms with Gasteiger partial charge in [0.25, 0.3) is 5.91 Å². The fourth-order valence-electron chi connectivity index (χ4n) is 5.30. The van der Waals surface area contributed by atoms with Crippen LogP contribution >= 0.6 is 0 Å². The summed E-state index contributed by atoms with van der Waals surface area (Å²) < 4.78 is 74.7. The number of nitrogens with one attached hydrogen (secondary N) is 2. The fourth-order valence-corrected chi connectivity index (χ4v) is 5.30. The van der Waals surface area contributed by atoms with Crippen LogP contribution in [-0.2, 0) is 30.5 Å². The fraction of sp³-hybridized carbons (Fsp3) is 0.472. The van der Waals surface area contributed by atoms with E-state index in [4.69, 9.17) is 10.5 Å². The van der Waals surface area contributed by atoms with E-state index in [1.807, 2.05) is 18.2 Å². The van der Waals surface area contributed by atoms with E-state index < -0.39 is 83.7 Å². The van der Waals surface area contributed by atoms with Crippen molar-refractivity contribution in [3.05, 3.63) is 77.8 Å². The molecule has 0 bridgehead atoms. The topological polar surface area (TPSA) is 178 Å². The number of hydrogen-bond donors (Lipinski definition) is 4. The molecule has 0 radical (unpaired) electrons. The molecule has 0 aliphatic carbocycles. The molecule has 0 aliphatic rings. The van der Waals surface area contributed by atoms with Crippen molar-refractivity contribution in [3.63, 3.8) is 0 Å². The molecule has 3 rings (SSSR count). The molecule has 18 heteroatoms. The minimum Gasteiger partial charge on any atom is -0.434 e. The van der Waals surface area contributed by atoms with Gasteiger partial charge in [-0.15, -0.1) is 5.06 Å². The highest BCUT2D eigenvalue weighted by molar-refractivity contribution is 5.85. The number of nitrogens with zero attached hydrogens (tertiary/aromatic N) is 3. The van der Waals surface area contributed by atoms with Crippen LogP contribution in [0.1, 0.15) is 65.3 Å². The molecule has 0 aliphatic heterocycles. The van der Waals surface area contributed by atoms with Crippen molar-refractivity contribution in [1.82, 2.24) is 25.2 Å². The Kier molecular flexibility index (Phi) is 14.3. The van der Waals surface area contributed by atoms with Crippen molar-refractivity contribution >= 4 is 23.9 Å². The predicted octanol–water partition coefficient (Wildman–Crippen LogP) is 4.57. The first-order valence-electron chi connectivity index (χ1n) is 16.8. The van der Waals surface area contributed by atoms with Crippen LogP contribution < -0.4 is 16.4 Å². The third-order valence-electron chi connectivity index (χ3n) is 7.87. The van der Waals surface area contributed by atoms with E-state index in [0.717, 1.165) is 23.8 Å². The summed E-state index contributed by atoms with van der Waals surface area (Å²) in [6.07, 6.45) is -9.55. The third kappa shape index (κ3) is 11.7. The molecule has 54 heavy (non-hydrogen) atoms. The number of hydroxylamine groups is 2. The van der Waals surface area contributed by atoms with E-state index in [1.165, 1.54) is 27.0 Å². The van der Waals surface area contributed by atoms with Crippen molar-refractivity contribution in [3.8, 4) is 11.3 Å². The van der Waals surface area contributed by atoms with Crippen molar-refractivity contribution in [2.75, 3.05) is 19.6 Å². The maximum atomic E-state index is 14.9. The molecule has 5 N–H and O–H groups in total. The molecule has 3 aromatic rings. The minimum atomic E-state index is -5.45. The first-order valence-corrected chi connectivity index (χ1v) is 16.8. The number of aromatic nitrogens is 2. The molecule has 13 nitrogen and oxygen atoms in total. The Morgan fingerprint density at radius 2 is 1.57 bits per heavy atom. The van der Waals surface area contributed by atoms with Gasteiger partial charge in [-0.25, -0.2) is 23.4 Å². The van der Waals surface area contributed by atoms with Crippen LogP contribution in [0.3, 0.4) is 0 Å². The molecule has 3 amide bonds. The summed E-state index contributed by atoms with van der Waals surface area (Å²) in [4.78, 5) is 59.8. The first-order chi connectivity index (χ1) is 25.0. The highest BCUT2D eigenvalue weighted by Gasteiger charge is 2.46. The average Bonchev–Trinajstić information content (AvgIpc) is 3.47. The second-order valence-electron chi connectivity index (χ2n) is 14.4. The largest absolute Gasteiger partial charge is 0.493 e. The Hall–Kier alpha value is -5.10. The van der Waals surface area contributed by atoms with Crippen LogP contribution in [0.5, 0.6) is 0 Å². The van der Waals surface area contributed by atoms with E-state index in [-0.39, 0.29) is 41.8 Å². The van der Waals surface area contributed by atoms with Gasteiger partial charge in [0.15, 0.2) is 6.10 Å². The van der Waals surface area contributed by atoms with Crippen LogP contribution in [0.25, 0.3) is 11.3 Å². The van der Waals surface area contributed by atoms with Crippen LogP contribution in [-0.4, -0.2) is 87.2 Å². The predicted molar refractivity (Wildman–Crippen MR) is 185 cm³/mol. The Morgan fingerprint density at radius 1 is 0.944 bits per heavy atom. The van der Waals surface area contributed by atoms with E-state index in [2.05, 4.69) is 20.5 Å². The van der Waals surface area contributed by atoms with Crippen molar-refractivity contribution in [2.24, 2.45) is 11.1 Å². The van der Waals surface area contributed by atoms with Gasteiger partial charge in [0.1, 0.15) is 23.6 Å². The summed E-state index contributed by atoms with van der Waals surface area (Å²) in [6, 6.07) is 12.0. The molecule has 0 fully saturated rings. The van der Waals surface area contributed by atoms with Gasteiger partial charge in [-0.05, 0) is 49.9 Å². The van der Waals surface area contributed by atoms with Crippen molar-refractivity contribution in [2.45, 2.75) is 84.3 Å².